The second kappa shape index (κ2) is 10.7. The first-order chi connectivity index (χ1) is 17.3. The van der Waals surface area contributed by atoms with E-state index in [0.717, 1.165) is 17.9 Å². The second-order valence-corrected chi connectivity index (χ2v) is 8.49. The van der Waals surface area contributed by atoms with Crippen LogP contribution in [0.15, 0.2) is 30.7 Å². The van der Waals surface area contributed by atoms with Crippen molar-refractivity contribution in [1.29, 1.82) is 5.26 Å². The van der Waals surface area contributed by atoms with E-state index >= 15 is 0 Å². The van der Waals surface area contributed by atoms with Crippen LogP contribution in [-0.2, 0) is 11.3 Å². The minimum atomic E-state index is -1.45. The molecule has 0 bridgehead atoms. The predicted molar refractivity (Wildman–Crippen MR) is 128 cm³/mol. The number of hydrogen-bond acceptors (Lipinski definition) is 9. The average Bonchev–Trinajstić information content (AvgIpc) is 3.24. The predicted octanol–water partition coefficient (Wildman–Crippen LogP) is 2.38. The van der Waals surface area contributed by atoms with Crippen LogP contribution in [0, 0.1) is 18.3 Å². The fourth-order valence-electron chi connectivity index (χ4n) is 3.92. The molecule has 0 unspecified atom stereocenters. The molecule has 1 aliphatic rings. The van der Waals surface area contributed by atoms with Crippen LogP contribution in [0.3, 0.4) is 0 Å². The summed E-state index contributed by atoms with van der Waals surface area (Å²) in [5, 5.41) is 26.7. The zero-order valence-electron chi connectivity index (χ0n) is 20.2. The maximum Gasteiger partial charge on any atom is 0.251 e. The summed E-state index contributed by atoms with van der Waals surface area (Å²) in [4.78, 5) is 26.1. The molecule has 0 saturated carbocycles. The largest absolute Gasteiger partial charge is 0.486 e. The minimum Gasteiger partial charge on any atom is -0.486 e. The number of hydrogen-bond donors (Lipinski definition) is 2. The first-order valence-electron chi connectivity index (χ1n) is 11.6. The topological polar surface area (TPSA) is 142 Å². The van der Waals surface area contributed by atoms with Crippen molar-refractivity contribution in [2.45, 2.75) is 52.1 Å². The van der Waals surface area contributed by atoms with Gasteiger partial charge in [-0.25, -0.2) is 14.4 Å². The highest BCUT2D eigenvalue weighted by Gasteiger charge is 2.34. The van der Waals surface area contributed by atoms with E-state index in [4.69, 9.17) is 4.74 Å². The van der Waals surface area contributed by atoms with Gasteiger partial charge >= 0.3 is 0 Å². The second-order valence-electron chi connectivity index (χ2n) is 8.49. The first kappa shape index (κ1) is 25.0. The molecule has 1 aromatic carbocycles. The molecular formula is C24H27FN8O3. The molecule has 1 aliphatic heterocycles. The van der Waals surface area contributed by atoms with E-state index in [2.05, 4.69) is 31.4 Å². The van der Waals surface area contributed by atoms with E-state index in [1.165, 1.54) is 18.2 Å². The quantitative estimate of drug-likeness (QED) is 0.506. The lowest BCUT2D eigenvalue weighted by Crippen LogP contribution is -2.51. The first-order valence-corrected chi connectivity index (χ1v) is 11.6. The standard InChI is InChI=1S/C24H27FN8O3/c1-4-33-12-19(14(2)31-33)29-24-28-13-27-22(30-24)16-5-6-20(17(9-16)10-26)36-21-7-8-32(11-18(21)25)23(35)15(3)34/h5-6,9,12-13,15,18,21,34H,4,7-8,11H2,1-3H3,(H,27,28,29,30)/t15-,18-,21-/m0/s1. The number of carbonyl (C=O) groups is 1. The molecule has 0 radical (unpaired) electrons. The Hall–Kier alpha value is -4.11. The molecule has 3 atom stereocenters. The van der Waals surface area contributed by atoms with Crippen molar-refractivity contribution in [2.24, 2.45) is 0 Å². The van der Waals surface area contributed by atoms with E-state index in [-0.39, 0.29) is 30.8 Å². The van der Waals surface area contributed by atoms with Crippen LogP contribution >= 0.6 is 0 Å². The molecule has 1 amide bonds. The van der Waals surface area contributed by atoms with Crippen LogP contribution in [-0.4, -0.2) is 72.1 Å². The highest BCUT2D eigenvalue weighted by molar-refractivity contribution is 5.80. The zero-order chi connectivity index (χ0) is 25.8. The number of nitrogens with zero attached hydrogens (tertiary/aromatic N) is 7. The Morgan fingerprint density at radius 2 is 2.22 bits per heavy atom. The fraction of sp³-hybridized carbons (Fsp3) is 0.417. The van der Waals surface area contributed by atoms with Crippen molar-refractivity contribution in [3.8, 4) is 23.2 Å². The summed E-state index contributed by atoms with van der Waals surface area (Å²) in [6.45, 7) is 6.04. The van der Waals surface area contributed by atoms with E-state index < -0.39 is 24.3 Å². The number of nitriles is 1. The van der Waals surface area contributed by atoms with Crippen LogP contribution < -0.4 is 10.1 Å². The van der Waals surface area contributed by atoms with Crippen LogP contribution in [0.2, 0.25) is 0 Å². The van der Waals surface area contributed by atoms with Gasteiger partial charge in [-0.05, 0) is 39.0 Å². The zero-order valence-corrected chi connectivity index (χ0v) is 20.2. The number of piperidine rings is 1. The van der Waals surface area contributed by atoms with Gasteiger partial charge in [0.25, 0.3) is 5.91 Å². The van der Waals surface area contributed by atoms with Crippen LogP contribution in [0.4, 0.5) is 16.0 Å². The highest BCUT2D eigenvalue weighted by Crippen LogP contribution is 2.28. The lowest BCUT2D eigenvalue weighted by molar-refractivity contribution is -0.143. The molecule has 36 heavy (non-hydrogen) atoms. The van der Waals surface area contributed by atoms with Gasteiger partial charge in [-0.15, -0.1) is 0 Å². The fourth-order valence-corrected chi connectivity index (χ4v) is 3.92. The Morgan fingerprint density at radius 3 is 2.89 bits per heavy atom. The molecule has 3 heterocycles. The number of nitrogens with one attached hydrogen (secondary N) is 1. The van der Waals surface area contributed by atoms with E-state index in [1.54, 1.807) is 22.9 Å². The number of carbonyl (C=O) groups excluding carboxylic acids is 1. The molecule has 3 aromatic rings. The van der Waals surface area contributed by atoms with Gasteiger partial charge in [-0.1, -0.05) is 0 Å². The molecule has 12 heteroatoms. The van der Waals surface area contributed by atoms with Gasteiger partial charge < -0.3 is 20.1 Å². The van der Waals surface area contributed by atoms with Crippen molar-refractivity contribution in [3.63, 3.8) is 0 Å². The Bertz CT molecular complexity index is 1290. The molecule has 188 valence electrons. The maximum atomic E-state index is 14.7. The number of amides is 1. The maximum absolute atomic E-state index is 14.7. The van der Waals surface area contributed by atoms with Gasteiger partial charge in [0.15, 0.2) is 12.0 Å². The summed E-state index contributed by atoms with van der Waals surface area (Å²) in [6, 6.07) is 6.93. The van der Waals surface area contributed by atoms with Crippen molar-refractivity contribution < 1.29 is 19.0 Å². The summed E-state index contributed by atoms with van der Waals surface area (Å²) >= 11 is 0. The third kappa shape index (κ3) is 5.41. The van der Waals surface area contributed by atoms with E-state index in [9.17, 15) is 19.6 Å². The van der Waals surface area contributed by atoms with Crippen LogP contribution in [0.25, 0.3) is 11.4 Å². The van der Waals surface area contributed by atoms with Crippen molar-refractivity contribution in [3.05, 3.63) is 42.0 Å². The lowest BCUT2D eigenvalue weighted by atomic mass is 10.0. The normalized spacial score (nSPS) is 18.4. The Kier molecular flexibility index (Phi) is 7.40. The van der Waals surface area contributed by atoms with Crippen molar-refractivity contribution >= 4 is 17.5 Å². The van der Waals surface area contributed by atoms with Gasteiger partial charge in [-0.3, -0.25) is 9.48 Å². The smallest absolute Gasteiger partial charge is 0.251 e. The summed E-state index contributed by atoms with van der Waals surface area (Å²) in [7, 11) is 0. The van der Waals surface area contributed by atoms with Crippen molar-refractivity contribution in [2.75, 3.05) is 18.4 Å². The van der Waals surface area contributed by atoms with E-state index in [0.29, 0.717) is 17.3 Å². The molecule has 0 spiro atoms. The number of aliphatic hydroxyl groups excluding tert-OH is 1. The SMILES string of the molecule is CCn1cc(Nc2ncnc(-c3ccc(O[C@H]4CCN(C(=O)[C@H](C)O)C[C@@H]4F)c(C#N)c3)n2)c(C)n1. The van der Waals surface area contributed by atoms with Gasteiger partial charge in [0.1, 0.15) is 30.4 Å². The molecule has 0 aliphatic carbocycles. The number of aryl methyl sites for hydroxylation is 2. The molecule has 1 saturated heterocycles. The number of aliphatic hydroxyl groups is 1. The highest BCUT2D eigenvalue weighted by atomic mass is 19.1. The van der Waals surface area contributed by atoms with Gasteiger partial charge in [0.2, 0.25) is 5.95 Å². The average molecular weight is 495 g/mol. The van der Waals surface area contributed by atoms with Crippen molar-refractivity contribution in [1.82, 2.24) is 29.6 Å². The van der Waals surface area contributed by atoms with Gasteiger partial charge in [-0.2, -0.15) is 15.3 Å². The number of ether oxygens (including phenoxy) is 1. The number of rotatable bonds is 7. The minimum absolute atomic E-state index is 0.175. The molecular weight excluding hydrogens is 467 g/mol. The lowest BCUT2D eigenvalue weighted by Gasteiger charge is -2.35. The molecule has 2 aromatic heterocycles. The summed E-state index contributed by atoms with van der Waals surface area (Å²) in [5.74, 6) is 0.402. The molecule has 11 nitrogen and oxygen atoms in total. The third-order valence-electron chi connectivity index (χ3n) is 5.88. The van der Waals surface area contributed by atoms with Crippen LogP contribution in [0.1, 0.15) is 31.5 Å². The third-order valence-corrected chi connectivity index (χ3v) is 5.88. The Morgan fingerprint density at radius 1 is 1.42 bits per heavy atom. The number of aromatic nitrogens is 5. The summed E-state index contributed by atoms with van der Waals surface area (Å²) in [5.41, 5.74) is 2.35. The number of alkyl halides is 1. The summed E-state index contributed by atoms with van der Waals surface area (Å²) in [6.07, 6.45) is 0.0180. The molecule has 1 fully saturated rings. The van der Waals surface area contributed by atoms with Gasteiger partial charge in [0, 0.05) is 31.3 Å². The molecule has 2 N–H and O–H groups in total. The number of likely N-dealkylation sites (tertiary alicyclic amines) is 1. The Labute approximate surface area is 207 Å². The Balaban J connectivity index is 1.49. The molecule has 4 rings (SSSR count). The monoisotopic (exact) mass is 494 g/mol. The van der Waals surface area contributed by atoms with Gasteiger partial charge in [0.05, 0.1) is 23.5 Å². The summed E-state index contributed by atoms with van der Waals surface area (Å²) < 4.78 is 22.4. The number of halogens is 1. The van der Waals surface area contributed by atoms with E-state index in [1.807, 2.05) is 20.0 Å². The van der Waals surface area contributed by atoms with Crippen LogP contribution in [0.5, 0.6) is 5.75 Å². The number of anilines is 2. The number of benzene rings is 1.